The molecule has 13 heteroatoms. The first kappa shape index (κ1) is 29.6. The molecule has 1 saturated heterocycles. The smallest absolute Gasteiger partial charge is 0.401 e. The average molecular weight is 530 g/mol. The Balaban J connectivity index is 1.81. The van der Waals surface area contributed by atoms with Crippen molar-refractivity contribution in [1.82, 2.24) is 20.6 Å². The van der Waals surface area contributed by atoms with Gasteiger partial charge < -0.3 is 40.4 Å². The van der Waals surface area contributed by atoms with Gasteiger partial charge in [-0.05, 0) is 17.9 Å². The lowest BCUT2D eigenvalue weighted by Crippen LogP contribution is -2.55. The molecule has 2 amide bonds. The van der Waals surface area contributed by atoms with E-state index < -0.39 is 68.5 Å². The lowest BCUT2D eigenvalue weighted by molar-refractivity contribution is -0.123. The minimum atomic E-state index is -1.38. The van der Waals surface area contributed by atoms with Gasteiger partial charge in [0.05, 0.1) is 37.6 Å². The van der Waals surface area contributed by atoms with Gasteiger partial charge in [-0.3, -0.25) is 14.6 Å². The van der Waals surface area contributed by atoms with Crippen molar-refractivity contribution in [2.75, 3.05) is 13.2 Å². The largest absolute Gasteiger partial charge is 0.481 e. The number of carbonyl (C=O) groups is 2. The molecule has 0 saturated carbocycles. The lowest BCUT2D eigenvalue weighted by Gasteiger charge is -2.26. The summed E-state index contributed by atoms with van der Waals surface area (Å²) in [6, 6.07) is 8.20. The Morgan fingerprint density at radius 2 is 1.63 bits per heavy atom. The van der Waals surface area contributed by atoms with E-state index in [0.717, 1.165) is 5.56 Å². The fraction of sp³-hybridized carbons (Fsp3) is 0.520. The molecule has 1 fully saturated rings. The van der Waals surface area contributed by atoms with Crippen LogP contribution in [0.25, 0.3) is 0 Å². The van der Waals surface area contributed by atoms with Gasteiger partial charge in [0.1, 0.15) is 23.9 Å². The van der Waals surface area contributed by atoms with E-state index in [1.54, 1.807) is 0 Å². The monoisotopic (exact) mass is 530 g/mol. The fourth-order valence-electron chi connectivity index (χ4n) is 4.25. The third kappa shape index (κ3) is 8.03. The standard InChI is InChI=1S/C25H35BN4O8/c1-15(2)10-21(26-37-22(19(33)13-31)23(38-26)20(34)14-32)30-24(35)17(11-16-6-4-3-5-7-16)29-25(36)18-12-27-8-9-28-18/h3-9,12,15,17,19-23,31-34H,10-11,13-14H2,1-2H3,(H,29,36)(H,30,35)/t17-,19?,20?,21-,22?,23?/m0/s1. The van der Waals surface area contributed by atoms with E-state index in [2.05, 4.69) is 20.6 Å². The third-order valence-corrected chi connectivity index (χ3v) is 6.12. The zero-order valence-electron chi connectivity index (χ0n) is 21.4. The molecule has 2 aromatic rings. The van der Waals surface area contributed by atoms with Crippen LogP contribution in [0.1, 0.15) is 36.3 Å². The first-order valence-corrected chi connectivity index (χ1v) is 12.5. The highest BCUT2D eigenvalue weighted by Gasteiger charge is 2.50. The van der Waals surface area contributed by atoms with Gasteiger partial charge >= 0.3 is 7.12 Å². The van der Waals surface area contributed by atoms with Gasteiger partial charge in [-0.2, -0.15) is 0 Å². The minimum Gasteiger partial charge on any atom is -0.401 e. The van der Waals surface area contributed by atoms with Crippen molar-refractivity contribution in [3.63, 3.8) is 0 Å². The number of hydrogen-bond donors (Lipinski definition) is 6. The van der Waals surface area contributed by atoms with Gasteiger partial charge in [0.2, 0.25) is 5.91 Å². The molecule has 1 aliphatic rings. The summed E-state index contributed by atoms with van der Waals surface area (Å²) in [6.45, 7) is 2.57. The normalized spacial score (nSPS) is 20.6. The van der Waals surface area contributed by atoms with Crippen LogP contribution < -0.4 is 10.6 Å². The Labute approximate surface area is 221 Å². The van der Waals surface area contributed by atoms with Crippen molar-refractivity contribution in [2.45, 2.75) is 63.1 Å². The van der Waals surface area contributed by atoms with E-state index in [9.17, 15) is 30.0 Å². The van der Waals surface area contributed by atoms with Crippen molar-refractivity contribution in [2.24, 2.45) is 5.92 Å². The number of benzene rings is 1. The van der Waals surface area contributed by atoms with E-state index in [1.165, 1.54) is 18.6 Å². The summed E-state index contributed by atoms with van der Waals surface area (Å²) in [5, 5.41) is 44.9. The van der Waals surface area contributed by atoms with Crippen LogP contribution in [0, 0.1) is 5.92 Å². The Morgan fingerprint density at radius 3 is 2.16 bits per heavy atom. The molecule has 2 heterocycles. The van der Waals surface area contributed by atoms with Crippen LogP contribution in [-0.2, 0) is 20.5 Å². The summed E-state index contributed by atoms with van der Waals surface area (Å²) in [6.07, 6.45) is -0.307. The van der Waals surface area contributed by atoms with Crippen molar-refractivity contribution in [1.29, 1.82) is 0 Å². The molecular weight excluding hydrogens is 495 g/mol. The third-order valence-electron chi connectivity index (χ3n) is 6.12. The number of nitrogens with zero attached hydrogens (tertiary/aromatic N) is 2. The number of aromatic nitrogens is 2. The van der Waals surface area contributed by atoms with Crippen LogP contribution in [0.3, 0.4) is 0 Å². The van der Waals surface area contributed by atoms with E-state index >= 15 is 0 Å². The second kappa shape index (κ2) is 14.3. The predicted octanol–water partition coefficient (Wildman–Crippen LogP) is -1.13. The minimum absolute atomic E-state index is 0.0567. The Hall–Kier alpha value is -2.94. The second-order valence-electron chi connectivity index (χ2n) is 9.62. The Kier molecular flexibility index (Phi) is 11.1. The van der Waals surface area contributed by atoms with Gasteiger partial charge in [-0.1, -0.05) is 44.2 Å². The van der Waals surface area contributed by atoms with Crippen LogP contribution in [0.2, 0.25) is 0 Å². The summed E-state index contributed by atoms with van der Waals surface area (Å²) in [4.78, 5) is 34.3. The van der Waals surface area contributed by atoms with Gasteiger partial charge in [0, 0.05) is 18.8 Å². The summed E-state index contributed by atoms with van der Waals surface area (Å²) in [5.74, 6) is -1.73. The Bertz CT molecular complexity index is 1000. The molecule has 0 aliphatic carbocycles. The van der Waals surface area contributed by atoms with Crippen LogP contribution in [0.15, 0.2) is 48.9 Å². The van der Waals surface area contributed by atoms with Gasteiger partial charge in [-0.25, -0.2) is 4.98 Å². The summed E-state index contributed by atoms with van der Waals surface area (Å²) < 4.78 is 11.7. The maximum atomic E-state index is 13.6. The molecule has 0 bridgehead atoms. The topological polar surface area (TPSA) is 183 Å². The molecule has 1 aromatic carbocycles. The number of carbonyl (C=O) groups excluding carboxylic acids is 2. The number of aliphatic hydroxyl groups is 4. The van der Waals surface area contributed by atoms with Crippen LogP contribution in [-0.4, -0.2) is 98.9 Å². The fourth-order valence-corrected chi connectivity index (χ4v) is 4.25. The average Bonchev–Trinajstić information content (AvgIpc) is 3.38. The molecule has 38 heavy (non-hydrogen) atoms. The van der Waals surface area contributed by atoms with Crippen molar-refractivity contribution < 1.29 is 39.3 Å². The van der Waals surface area contributed by atoms with Gasteiger partial charge in [-0.15, -0.1) is 0 Å². The van der Waals surface area contributed by atoms with E-state index in [0.29, 0.717) is 6.42 Å². The number of nitrogens with one attached hydrogen (secondary N) is 2. The van der Waals surface area contributed by atoms with E-state index in [1.807, 2.05) is 44.2 Å². The summed E-state index contributed by atoms with van der Waals surface area (Å²) in [7, 11) is -1.09. The molecule has 0 radical (unpaired) electrons. The molecule has 206 valence electrons. The van der Waals surface area contributed by atoms with Gasteiger partial charge in [0.15, 0.2) is 0 Å². The molecule has 0 spiro atoms. The zero-order chi connectivity index (χ0) is 27.7. The summed E-state index contributed by atoms with van der Waals surface area (Å²) in [5.41, 5.74) is 0.874. The molecular formula is C25H35BN4O8. The molecule has 3 rings (SSSR count). The SMILES string of the molecule is CC(C)C[C@H](NC(=O)[C@H](Cc1ccccc1)NC(=O)c1cnccn1)B1OC(C(O)CO)C(C(O)CO)O1. The van der Waals surface area contributed by atoms with Crippen molar-refractivity contribution >= 4 is 18.9 Å². The molecule has 4 unspecified atom stereocenters. The van der Waals surface area contributed by atoms with Gasteiger partial charge in [0.25, 0.3) is 5.91 Å². The molecule has 1 aromatic heterocycles. The zero-order valence-corrected chi connectivity index (χ0v) is 21.4. The van der Waals surface area contributed by atoms with Crippen LogP contribution in [0.4, 0.5) is 0 Å². The first-order valence-electron chi connectivity index (χ1n) is 12.5. The molecule has 6 N–H and O–H groups in total. The number of rotatable bonds is 13. The maximum Gasteiger partial charge on any atom is 0.481 e. The number of hydrogen-bond acceptors (Lipinski definition) is 10. The quantitative estimate of drug-likeness (QED) is 0.173. The van der Waals surface area contributed by atoms with Crippen LogP contribution in [0.5, 0.6) is 0 Å². The van der Waals surface area contributed by atoms with Crippen molar-refractivity contribution in [3.05, 3.63) is 60.2 Å². The number of amides is 2. The molecule has 6 atom stereocenters. The Morgan fingerprint density at radius 1 is 1.00 bits per heavy atom. The second-order valence-corrected chi connectivity index (χ2v) is 9.62. The van der Waals surface area contributed by atoms with Crippen LogP contribution >= 0.6 is 0 Å². The van der Waals surface area contributed by atoms with E-state index in [4.69, 9.17) is 9.31 Å². The maximum absolute atomic E-state index is 13.6. The highest BCUT2D eigenvalue weighted by molar-refractivity contribution is 6.47. The predicted molar refractivity (Wildman–Crippen MR) is 137 cm³/mol. The lowest BCUT2D eigenvalue weighted by atomic mass is 9.74. The van der Waals surface area contributed by atoms with E-state index in [-0.39, 0.29) is 18.0 Å². The van der Waals surface area contributed by atoms with Crippen molar-refractivity contribution in [3.8, 4) is 0 Å². The highest BCUT2D eigenvalue weighted by atomic mass is 16.7. The summed E-state index contributed by atoms with van der Waals surface area (Å²) >= 11 is 0. The molecule has 1 aliphatic heterocycles. The molecule has 12 nitrogen and oxygen atoms in total. The number of aliphatic hydroxyl groups excluding tert-OH is 4. The first-order chi connectivity index (χ1) is 18.2. The highest BCUT2D eigenvalue weighted by Crippen LogP contribution is 2.26.